The van der Waals surface area contributed by atoms with E-state index in [-0.39, 0.29) is 5.82 Å². The van der Waals surface area contributed by atoms with Crippen molar-refractivity contribution in [3.8, 4) is 17.0 Å². The van der Waals surface area contributed by atoms with Crippen LogP contribution < -0.4 is 10.1 Å². The molecule has 126 valence electrons. The molecule has 3 aromatic heterocycles. The molecule has 0 aliphatic heterocycles. The Hall–Kier alpha value is -3.35. The highest BCUT2D eigenvalue weighted by molar-refractivity contribution is 5.87. The zero-order chi connectivity index (χ0) is 17.4. The largest absolute Gasteiger partial charge is 0.494 e. The maximum Gasteiger partial charge on any atom is 0.145 e. The lowest BCUT2D eigenvalue weighted by Gasteiger charge is -2.10. The SMILES string of the molecule is COc1cc(F)ccc1Nc1cc2[nH]c(-c3cnn(C)c3)cc2cn1. The normalized spacial score (nSPS) is 11.0. The molecule has 4 aromatic rings. The van der Waals surface area contributed by atoms with E-state index in [2.05, 4.69) is 20.4 Å². The molecule has 0 radical (unpaired) electrons. The number of ether oxygens (including phenoxy) is 1. The number of aromatic amines is 1. The lowest BCUT2D eigenvalue weighted by molar-refractivity contribution is 0.413. The van der Waals surface area contributed by atoms with E-state index < -0.39 is 0 Å². The number of pyridine rings is 1. The highest BCUT2D eigenvalue weighted by Crippen LogP contribution is 2.29. The molecule has 4 rings (SSSR count). The third kappa shape index (κ3) is 2.91. The van der Waals surface area contributed by atoms with Crippen LogP contribution in [0, 0.1) is 5.82 Å². The maximum atomic E-state index is 13.3. The quantitative estimate of drug-likeness (QED) is 0.593. The molecule has 0 unspecified atom stereocenters. The van der Waals surface area contributed by atoms with E-state index >= 15 is 0 Å². The van der Waals surface area contributed by atoms with Gasteiger partial charge in [-0.2, -0.15) is 5.10 Å². The van der Waals surface area contributed by atoms with Gasteiger partial charge in [-0.05, 0) is 18.2 Å². The van der Waals surface area contributed by atoms with E-state index in [1.165, 1.54) is 19.2 Å². The number of hydrogen-bond acceptors (Lipinski definition) is 4. The zero-order valence-electron chi connectivity index (χ0n) is 13.7. The van der Waals surface area contributed by atoms with Gasteiger partial charge in [-0.1, -0.05) is 0 Å². The molecule has 0 aliphatic carbocycles. The van der Waals surface area contributed by atoms with Crippen LogP contribution in [0.5, 0.6) is 5.75 Å². The monoisotopic (exact) mass is 337 g/mol. The molecule has 0 bridgehead atoms. The van der Waals surface area contributed by atoms with Crippen molar-refractivity contribution in [1.82, 2.24) is 19.7 Å². The van der Waals surface area contributed by atoms with Gasteiger partial charge in [0, 0.05) is 48.2 Å². The first-order valence-electron chi connectivity index (χ1n) is 7.71. The van der Waals surface area contributed by atoms with Gasteiger partial charge in [-0.15, -0.1) is 0 Å². The predicted molar refractivity (Wildman–Crippen MR) is 94.5 cm³/mol. The van der Waals surface area contributed by atoms with Crippen molar-refractivity contribution in [2.75, 3.05) is 12.4 Å². The van der Waals surface area contributed by atoms with Crippen LogP contribution >= 0.6 is 0 Å². The van der Waals surface area contributed by atoms with Gasteiger partial charge in [0.1, 0.15) is 17.4 Å². The van der Waals surface area contributed by atoms with Crippen molar-refractivity contribution in [2.45, 2.75) is 0 Å². The van der Waals surface area contributed by atoms with Crippen LogP contribution in [0.4, 0.5) is 15.9 Å². The molecular weight excluding hydrogens is 321 g/mol. The van der Waals surface area contributed by atoms with Crippen LogP contribution in [0.15, 0.2) is 48.9 Å². The van der Waals surface area contributed by atoms with Crippen molar-refractivity contribution >= 4 is 22.4 Å². The smallest absolute Gasteiger partial charge is 0.145 e. The topological polar surface area (TPSA) is 67.8 Å². The van der Waals surface area contributed by atoms with Crippen molar-refractivity contribution in [3.63, 3.8) is 0 Å². The second-order valence-corrected chi connectivity index (χ2v) is 5.71. The number of H-pyrrole nitrogens is 1. The minimum atomic E-state index is -0.351. The molecule has 7 heteroatoms. The summed E-state index contributed by atoms with van der Waals surface area (Å²) in [4.78, 5) is 7.78. The molecule has 1 aromatic carbocycles. The van der Waals surface area contributed by atoms with Gasteiger partial charge in [0.25, 0.3) is 0 Å². The second kappa shape index (κ2) is 5.94. The number of methoxy groups -OCH3 is 1. The Kier molecular flexibility index (Phi) is 3.61. The van der Waals surface area contributed by atoms with Crippen molar-refractivity contribution in [1.29, 1.82) is 0 Å². The Bertz CT molecular complexity index is 1050. The summed E-state index contributed by atoms with van der Waals surface area (Å²) < 4.78 is 20.3. The number of fused-ring (bicyclic) bond motifs is 1. The minimum Gasteiger partial charge on any atom is -0.494 e. The number of rotatable bonds is 4. The second-order valence-electron chi connectivity index (χ2n) is 5.71. The van der Waals surface area contributed by atoms with E-state index in [1.54, 1.807) is 23.1 Å². The number of aryl methyl sites for hydroxylation is 1. The van der Waals surface area contributed by atoms with E-state index in [1.807, 2.05) is 25.4 Å². The molecule has 0 saturated heterocycles. The van der Waals surface area contributed by atoms with Gasteiger partial charge in [0.2, 0.25) is 0 Å². The lowest BCUT2D eigenvalue weighted by Crippen LogP contribution is -1.97. The van der Waals surface area contributed by atoms with Crippen LogP contribution in [-0.4, -0.2) is 26.9 Å². The molecule has 3 heterocycles. The highest BCUT2D eigenvalue weighted by atomic mass is 19.1. The molecule has 6 nitrogen and oxygen atoms in total. The predicted octanol–water partition coefficient (Wildman–Crippen LogP) is 3.85. The van der Waals surface area contributed by atoms with Gasteiger partial charge in [0.15, 0.2) is 0 Å². The summed E-state index contributed by atoms with van der Waals surface area (Å²) in [6, 6.07) is 8.25. The maximum absolute atomic E-state index is 13.3. The van der Waals surface area contributed by atoms with Crippen molar-refractivity contribution in [3.05, 3.63) is 54.7 Å². The number of benzene rings is 1. The van der Waals surface area contributed by atoms with Gasteiger partial charge in [-0.25, -0.2) is 9.37 Å². The Morgan fingerprint density at radius 2 is 2.08 bits per heavy atom. The highest BCUT2D eigenvalue weighted by Gasteiger charge is 2.09. The van der Waals surface area contributed by atoms with E-state index in [4.69, 9.17) is 4.74 Å². The summed E-state index contributed by atoms with van der Waals surface area (Å²) in [6.45, 7) is 0. The molecule has 25 heavy (non-hydrogen) atoms. The average Bonchev–Trinajstić information content (AvgIpc) is 3.22. The Morgan fingerprint density at radius 3 is 2.84 bits per heavy atom. The standard InChI is InChI=1S/C18H16FN5O/c1-24-10-12(9-21-24)15-5-11-8-20-18(7-16(11)22-15)23-14-4-3-13(19)6-17(14)25-2/h3-10,22H,1-2H3,(H,20,23). The first-order chi connectivity index (χ1) is 12.1. The number of aromatic nitrogens is 4. The van der Waals surface area contributed by atoms with Crippen molar-refractivity contribution < 1.29 is 9.13 Å². The molecule has 0 spiro atoms. The first-order valence-corrected chi connectivity index (χ1v) is 7.71. The number of nitrogens with zero attached hydrogens (tertiary/aromatic N) is 3. The van der Waals surface area contributed by atoms with Gasteiger partial charge >= 0.3 is 0 Å². The fourth-order valence-electron chi connectivity index (χ4n) is 2.72. The van der Waals surface area contributed by atoms with E-state index in [0.29, 0.717) is 17.3 Å². The van der Waals surface area contributed by atoms with Gasteiger partial charge < -0.3 is 15.0 Å². The summed E-state index contributed by atoms with van der Waals surface area (Å²) in [5.74, 6) is 0.706. The Balaban J connectivity index is 1.67. The minimum absolute atomic E-state index is 0.351. The van der Waals surface area contributed by atoms with Crippen molar-refractivity contribution in [2.24, 2.45) is 7.05 Å². The Morgan fingerprint density at radius 1 is 1.20 bits per heavy atom. The number of nitrogens with one attached hydrogen (secondary N) is 2. The van der Waals surface area contributed by atoms with Gasteiger partial charge in [0.05, 0.1) is 24.5 Å². The third-order valence-electron chi connectivity index (χ3n) is 3.95. The summed E-state index contributed by atoms with van der Waals surface area (Å²) in [7, 11) is 3.38. The van der Waals surface area contributed by atoms with E-state index in [0.717, 1.165) is 22.2 Å². The first kappa shape index (κ1) is 15.2. The number of halogens is 1. The molecule has 0 fully saturated rings. The summed E-state index contributed by atoms with van der Waals surface area (Å²) in [6.07, 6.45) is 5.53. The third-order valence-corrected chi connectivity index (χ3v) is 3.95. The van der Waals surface area contributed by atoms with Crippen LogP contribution in [0.1, 0.15) is 0 Å². The number of anilines is 2. The fraction of sp³-hybridized carbons (Fsp3) is 0.111. The number of hydrogen-bond donors (Lipinski definition) is 2. The van der Waals surface area contributed by atoms with Crippen LogP contribution in [0.2, 0.25) is 0 Å². The lowest BCUT2D eigenvalue weighted by atomic mass is 10.2. The van der Waals surface area contributed by atoms with Crippen LogP contribution in [-0.2, 0) is 7.05 Å². The van der Waals surface area contributed by atoms with E-state index in [9.17, 15) is 4.39 Å². The molecule has 0 amide bonds. The Labute approximate surface area is 143 Å². The van der Waals surface area contributed by atoms with Gasteiger partial charge in [-0.3, -0.25) is 4.68 Å². The van der Waals surface area contributed by atoms with Crippen LogP contribution in [0.25, 0.3) is 22.2 Å². The average molecular weight is 337 g/mol. The molecule has 0 saturated carbocycles. The molecular formula is C18H16FN5O. The summed E-state index contributed by atoms with van der Waals surface area (Å²) in [5.41, 5.74) is 3.57. The fourth-order valence-corrected chi connectivity index (χ4v) is 2.72. The summed E-state index contributed by atoms with van der Waals surface area (Å²) in [5, 5.41) is 8.34. The zero-order valence-corrected chi connectivity index (χ0v) is 13.7. The molecule has 2 N–H and O–H groups in total. The van der Waals surface area contributed by atoms with Crippen LogP contribution in [0.3, 0.4) is 0 Å². The molecule has 0 aliphatic rings. The summed E-state index contributed by atoms with van der Waals surface area (Å²) >= 11 is 0. The molecule has 0 atom stereocenters.